The van der Waals surface area contributed by atoms with E-state index in [0.29, 0.717) is 0 Å². The molecule has 0 aliphatic rings. The van der Waals surface area contributed by atoms with Gasteiger partial charge in [-0.2, -0.15) is 0 Å². The second-order valence-electron chi connectivity index (χ2n) is 0.672. The van der Waals surface area contributed by atoms with Crippen molar-refractivity contribution in [3.63, 3.8) is 0 Å². The normalized spacial score (nSPS) is 7.00. The maximum atomic E-state index is 5.07. The van der Waals surface area contributed by atoms with Gasteiger partial charge >= 0.3 is 26.2 Å². The fourth-order valence-electron chi connectivity index (χ4n) is 0.0546. The standard InChI is InChI=1S/C2H7IN2.Bi.3H/c3-5-2-1-4;;;;/h5H,1-2,4H2;;;;. The predicted molar refractivity (Wildman–Crippen MR) is 41.0 cm³/mol. The number of halogens is 1. The molecule has 0 amide bonds. The van der Waals surface area contributed by atoms with Crippen molar-refractivity contribution in [3.05, 3.63) is 0 Å². The molecule has 0 rings (SSSR count). The van der Waals surface area contributed by atoms with Crippen molar-refractivity contribution in [3.8, 4) is 0 Å². The SMILES string of the molecule is NCCNI.[BiH3]. The minimum absolute atomic E-state index is 0. The number of hydrogen-bond donors (Lipinski definition) is 2. The second-order valence-corrected chi connectivity index (χ2v) is 1.44. The van der Waals surface area contributed by atoms with Crippen LogP contribution < -0.4 is 9.26 Å². The molecule has 3 N–H and O–H groups in total. The summed E-state index contributed by atoms with van der Waals surface area (Å²) >= 11 is 2.06. The second kappa shape index (κ2) is 9.73. The van der Waals surface area contributed by atoms with Crippen LogP contribution >= 0.6 is 22.9 Å². The first-order valence-corrected chi connectivity index (χ1v) is 2.53. The Hall–Kier alpha value is 1.53. The van der Waals surface area contributed by atoms with Crippen molar-refractivity contribution >= 4 is 49.1 Å². The third-order valence-corrected chi connectivity index (χ3v) is 0.778. The van der Waals surface area contributed by atoms with Gasteiger partial charge in [0, 0.05) is 36.0 Å². The third-order valence-electron chi connectivity index (χ3n) is 0.239. The quantitative estimate of drug-likeness (QED) is 0.345. The molecule has 0 fully saturated rings. The van der Waals surface area contributed by atoms with Gasteiger partial charge in [0.1, 0.15) is 0 Å². The molecule has 0 heterocycles. The molecule has 0 aromatic heterocycles. The number of rotatable bonds is 2. The van der Waals surface area contributed by atoms with Gasteiger partial charge in [0.2, 0.25) is 0 Å². The summed E-state index contributed by atoms with van der Waals surface area (Å²) in [5.74, 6) is 0. The van der Waals surface area contributed by atoms with Crippen LogP contribution in [0.15, 0.2) is 0 Å². The summed E-state index contributed by atoms with van der Waals surface area (Å²) in [7, 11) is 0. The fourth-order valence-corrected chi connectivity index (χ4v) is 0.366. The monoisotopic (exact) mass is 398 g/mol. The predicted octanol–water partition coefficient (Wildman–Crippen LogP) is -1.30. The molecule has 0 saturated carbocycles. The van der Waals surface area contributed by atoms with E-state index < -0.39 is 0 Å². The van der Waals surface area contributed by atoms with E-state index >= 15 is 0 Å². The van der Waals surface area contributed by atoms with E-state index in [1.165, 1.54) is 0 Å². The molecular formula is C2H10BiIN2. The summed E-state index contributed by atoms with van der Waals surface area (Å²) in [6.07, 6.45) is 0. The van der Waals surface area contributed by atoms with E-state index in [2.05, 4.69) is 26.4 Å². The van der Waals surface area contributed by atoms with Crippen LogP contribution in [-0.2, 0) is 0 Å². The molecule has 2 nitrogen and oxygen atoms in total. The molecule has 0 aliphatic heterocycles. The summed E-state index contributed by atoms with van der Waals surface area (Å²) in [4.78, 5) is 0. The molecule has 0 saturated heterocycles. The molecular weight excluding hydrogens is 388 g/mol. The Labute approximate surface area is 70.9 Å². The Morgan fingerprint density at radius 3 is 2.17 bits per heavy atom. The van der Waals surface area contributed by atoms with Gasteiger partial charge < -0.3 is 5.73 Å². The van der Waals surface area contributed by atoms with Gasteiger partial charge in [0.05, 0.1) is 0 Å². The van der Waals surface area contributed by atoms with E-state index in [1.54, 1.807) is 0 Å². The molecule has 6 heavy (non-hydrogen) atoms. The van der Waals surface area contributed by atoms with Crippen LogP contribution in [0.25, 0.3) is 0 Å². The summed E-state index contributed by atoms with van der Waals surface area (Å²) < 4.78 is 2.86. The Morgan fingerprint density at radius 2 is 2.17 bits per heavy atom. The van der Waals surface area contributed by atoms with Gasteiger partial charge in [-0.25, -0.2) is 0 Å². The Morgan fingerprint density at radius 1 is 1.67 bits per heavy atom. The van der Waals surface area contributed by atoms with Crippen molar-refractivity contribution in [2.75, 3.05) is 13.1 Å². The van der Waals surface area contributed by atoms with E-state index in [-0.39, 0.29) is 26.2 Å². The van der Waals surface area contributed by atoms with Crippen LogP contribution in [0.5, 0.6) is 0 Å². The first kappa shape index (κ1) is 10.5. The van der Waals surface area contributed by atoms with Gasteiger partial charge in [0.15, 0.2) is 0 Å². The molecule has 0 aromatic carbocycles. The Bertz CT molecular complexity index is 19.0. The summed E-state index contributed by atoms with van der Waals surface area (Å²) in [6.45, 7) is 1.63. The van der Waals surface area contributed by atoms with E-state index in [0.717, 1.165) is 13.1 Å². The van der Waals surface area contributed by atoms with Crippen LogP contribution in [0.3, 0.4) is 0 Å². The van der Waals surface area contributed by atoms with Gasteiger partial charge in [-0.15, -0.1) is 0 Å². The molecule has 0 spiro atoms. The molecule has 0 unspecified atom stereocenters. The van der Waals surface area contributed by atoms with Crippen molar-refractivity contribution in [2.24, 2.45) is 5.73 Å². The molecule has 0 atom stereocenters. The van der Waals surface area contributed by atoms with Crippen LogP contribution in [0.2, 0.25) is 0 Å². The molecule has 0 bridgehead atoms. The summed E-state index contributed by atoms with van der Waals surface area (Å²) in [5, 5.41) is 0. The zero-order valence-electron chi connectivity index (χ0n) is 3.58. The molecule has 40 valence electrons. The maximum absolute atomic E-state index is 5.07. The van der Waals surface area contributed by atoms with E-state index in [1.807, 2.05) is 0 Å². The van der Waals surface area contributed by atoms with E-state index in [9.17, 15) is 0 Å². The molecule has 0 aliphatic carbocycles. The van der Waals surface area contributed by atoms with Gasteiger partial charge in [-0.05, 0) is 0 Å². The van der Waals surface area contributed by atoms with Gasteiger partial charge in [-0.1, -0.05) is 0 Å². The Balaban J connectivity index is 0. The van der Waals surface area contributed by atoms with Crippen molar-refractivity contribution in [2.45, 2.75) is 0 Å². The van der Waals surface area contributed by atoms with Crippen molar-refractivity contribution in [1.29, 1.82) is 0 Å². The van der Waals surface area contributed by atoms with Crippen molar-refractivity contribution in [1.82, 2.24) is 3.53 Å². The molecule has 4 heteroatoms. The minimum atomic E-state index is 0. The first-order valence-electron chi connectivity index (χ1n) is 1.45. The van der Waals surface area contributed by atoms with Crippen LogP contribution in [0.1, 0.15) is 0 Å². The fraction of sp³-hybridized carbons (Fsp3) is 1.00. The van der Waals surface area contributed by atoms with E-state index in [4.69, 9.17) is 5.73 Å². The number of hydrogen-bond acceptors (Lipinski definition) is 2. The summed E-state index contributed by atoms with van der Waals surface area (Å²) in [6, 6.07) is 0. The van der Waals surface area contributed by atoms with Crippen LogP contribution in [-0.4, -0.2) is 39.3 Å². The zero-order valence-corrected chi connectivity index (χ0v) is 11.2. The summed E-state index contributed by atoms with van der Waals surface area (Å²) in [5.41, 5.74) is 5.07. The molecule has 0 aromatic rings. The Kier molecular flexibility index (Phi) is 17.0. The van der Waals surface area contributed by atoms with Crippen molar-refractivity contribution < 1.29 is 0 Å². The average Bonchev–Trinajstić information content (AvgIpc) is 1.41. The van der Waals surface area contributed by atoms with Gasteiger partial charge in [0.25, 0.3) is 0 Å². The number of nitrogens with two attached hydrogens (primary N) is 1. The third kappa shape index (κ3) is 9.11. The molecule has 0 radical (unpaired) electrons. The van der Waals surface area contributed by atoms with Gasteiger partial charge in [-0.3, -0.25) is 3.53 Å². The first-order chi connectivity index (χ1) is 2.41. The van der Waals surface area contributed by atoms with Crippen LogP contribution in [0.4, 0.5) is 0 Å². The number of nitrogens with one attached hydrogen (secondary N) is 1. The zero-order chi connectivity index (χ0) is 4.12. The topological polar surface area (TPSA) is 38.0 Å². The average molecular weight is 398 g/mol. The van der Waals surface area contributed by atoms with Crippen LogP contribution in [0, 0.1) is 0 Å².